The zero-order valence-electron chi connectivity index (χ0n) is 4.42. The number of nitrogens with zero attached hydrogens (tertiary/aromatic N) is 1. The van der Waals surface area contributed by atoms with Crippen molar-refractivity contribution in [3.05, 3.63) is 0 Å². The first kappa shape index (κ1) is 5.08. The molecule has 1 aliphatic heterocycles. The van der Waals surface area contributed by atoms with Crippen LogP contribution >= 0.6 is 0 Å². The second-order valence-corrected chi connectivity index (χ2v) is 1.56. The summed E-state index contributed by atoms with van der Waals surface area (Å²) >= 11 is 0. The molecule has 0 aliphatic carbocycles. The van der Waals surface area contributed by atoms with E-state index in [2.05, 4.69) is 9.73 Å². The maximum Gasteiger partial charge on any atom is 0.436 e. The highest BCUT2D eigenvalue weighted by Crippen LogP contribution is 2.01. The summed E-state index contributed by atoms with van der Waals surface area (Å²) in [5, 5.41) is 0. The minimum absolute atomic E-state index is 0.259. The van der Waals surface area contributed by atoms with E-state index in [1.165, 1.54) is 0 Å². The number of aliphatic imine (C=N–C) groups is 1. The Morgan fingerprint density at radius 1 is 1.88 bits per heavy atom. The molecule has 1 unspecified atom stereocenters. The fourth-order valence-electron chi connectivity index (χ4n) is 0.434. The molecule has 4 heteroatoms. The Kier molecular flexibility index (Phi) is 0.932. The van der Waals surface area contributed by atoms with Gasteiger partial charge in [-0.05, 0) is 6.92 Å². The first-order valence-corrected chi connectivity index (χ1v) is 2.25. The van der Waals surface area contributed by atoms with Gasteiger partial charge in [-0.15, -0.1) is 0 Å². The monoisotopic (exact) mass is 114 g/mol. The van der Waals surface area contributed by atoms with Crippen molar-refractivity contribution >= 4 is 11.9 Å². The summed E-state index contributed by atoms with van der Waals surface area (Å²) in [6.45, 7) is 1.67. The topological polar surface area (TPSA) is 64.7 Å². The maximum atomic E-state index is 10.2. The molecule has 1 heterocycles. The number of cyclic esters (lactones) is 1. The standard InChI is InChI=1S/C4H6N2O2/c1-2-3(5)6-4(7)8-2/h2H,1H3,(H2,5,6,7). The first-order valence-electron chi connectivity index (χ1n) is 2.25. The van der Waals surface area contributed by atoms with E-state index in [-0.39, 0.29) is 11.9 Å². The third-order valence-electron chi connectivity index (χ3n) is 0.914. The van der Waals surface area contributed by atoms with Crippen molar-refractivity contribution in [3.8, 4) is 0 Å². The summed E-state index contributed by atoms with van der Waals surface area (Å²) in [6, 6.07) is 0. The summed E-state index contributed by atoms with van der Waals surface area (Å²) in [6.07, 6.45) is -0.919. The van der Waals surface area contributed by atoms with Crippen LogP contribution in [0.5, 0.6) is 0 Å². The Labute approximate surface area is 46.3 Å². The van der Waals surface area contributed by atoms with E-state index in [0.29, 0.717) is 0 Å². The second-order valence-electron chi connectivity index (χ2n) is 1.56. The number of ether oxygens (including phenoxy) is 1. The first-order chi connectivity index (χ1) is 3.70. The van der Waals surface area contributed by atoms with Gasteiger partial charge in [0.25, 0.3) is 0 Å². The highest BCUT2D eigenvalue weighted by molar-refractivity contribution is 5.98. The molecule has 0 bridgehead atoms. The fraction of sp³-hybridized carbons (Fsp3) is 0.500. The zero-order chi connectivity index (χ0) is 6.15. The SMILES string of the molecule is CC1OC(=O)N=C1N. The molecule has 4 nitrogen and oxygen atoms in total. The highest BCUT2D eigenvalue weighted by atomic mass is 16.6. The Hall–Kier alpha value is -1.06. The molecule has 1 atom stereocenters. The highest BCUT2D eigenvalue weighted by Gasteiger charge is 2.20. The molecule has 0 fully saturated rings. The Morgan fingerprint density at radius 2 is 2.50 bits per heavy atom. The molecule has 0 aromatic carbocycles. The van der Waals surface area contributed by atoms with Crippen molar-refractivity contribution in [1.82, 2.24) is 0 Å². The summed E-state index contributed by atoms with van der Waals surface area (Å²) in [5.41, 5.74) is 5.17. The predicted molar refractivity (Wildman–Crippen MR) is 27.6 cm³/mol. The second kappa shape index (κ2) is 1.47. The average molecular weight is 114 g/mol. The van der Waals surface area contributed by atoms with Crippen LogP contribution in [-0.4, -0.2) is 18.0 Å². The van der Waals surface area contributed by atoms with Gasteiger partial charge in [-0.25, -0.2) is 4.79 Å². The number of rotatable bonds is 0. The van der Waals surface area contributed by atoms with E-state index in [9.17, 15) is 4.79 Å². The number of carbonyl (C=O) groups is 1. The van der Waals surface area contributed by atoms with E-state index >= 15 is 0 Å². The van der Waals surface area contributed by atoms with Crippen LogP contribution in [0, 0.1) is 0 Å². The number of amidine groups is 1. The molecule has 1 amide bonds. The van der Waals surface area contributed by atoms with Gasteiger partial charge in [0.05, 0.1) is 0 Å². The van der Waals surface area contributed by atoms with Crippen LogP contribution in [0.4, 0.5) is 4.79 Å². The number of hydrogen-bond donors (Lipinski definition) is 1. The third-order valence-corrected chi connectivity index (χ3v) is 0.914. The predicted octanol–water partition coefficient (Wildman–Crippen LogP) is -0.118. The third kappa shape index (κ3) is 0.641. The van der Waals surface area contributed by atoms with Gasteiger partial charge in [0, 0.05) is 0 Å². The van der Waals surface area contributed by atoms with Crippen molar-refractivity contribution in [2.45, 2.75) is 13.0 Å². The van der Waals surface area contributed by atoms with Crippen LogP contribution in [0.1, 0.15) is 6.92 Å². The van der Waals surface area contributed by atoms with E-state index in [4.69, 9.17) is 5.73 Å². The number of carbonyl (C=O) groups excluding carboxylic acids is 1. The Morgan fingerprint density at radius 3 is 2.62 bits per heavy atom. The lowest BCUT2D eigenvalue weighted by Crippen LogP contribution is -2.22. The van der Waals surface area contributed by atoms with Gasteiger partial charge in [-0.3, -0.25) is 0 Å². The van der Waals surface area contributed by atoms with Gasteiger partial charge in [-0.2, -0.15) is 4.99 Å². The van der Waals surface area contributed by atoms with Crippen LogP contribution in [0.2, 0.25) is 0 Å². The molecule has 0 aromatic heterocycles. The van der Waals surface area contributed by atoms with Crippen molar-refractivity contribution in [3.63, 3.8) is 0 Å². The summed E-state index contributed by atoms with van der Waals surface area (Å²) < 4.78 is 4.51. The van der Waals surface area contributed by atoms with Crippen LogP contribution < -0.4 is 5.73 Å². The number of amides is 1. The molecule has 8 heavy (non-hydrogen) atoms. The molecule has 0 saturated carbocycles. The van der Waals surface area contributed by atoms with E-state index in [1.54, 1.807) is 6.92 Å². The maximum absolute atomic E-state index is 10.2. The average Bonchev–Trinajstić information content (AvgIpc) is 1.85. The molecule has 2 N–H and O–H groups in total. The van der Waals surface area contributed by atoms with Crippen molar-refractivity contribution in [1.29, 1.82) is 0 Å². The quantitative estimate of drug-likeness (QED) is 0.477. The molecule has 0 aromatic rings. The Balaban J connectivity index is 2.73. The van der Waals surface area contributed by atoms with E-state index < -0.39 is 6.09 Å². The van der Waals surface area contributed by atoms with Gasteiger partial charge < -0.3 is 10.5 Å². The largest absolute Gasteiger partial charge is 0.437 e. The molecule has 0 saturated heterocycles. The lowest BCUT2D eigenvalue weighted by atomic mass is 10.4. The summed E-state index contributed by atoms with van der Waals surface area (Å²) in [5.74, 6) is 0.259. The van der Waals surface area contributed by atoms with Crippen LogP contribution in [0.25, 0.3) is 0 Å². The van der Waals surface area contributed by atoms with Crippen LogP contribution in [-0.2, 0) is 4.74 Å². The van der Waals surface area contributed by atoms with Gasteiger partial charge in [-0.1, -0.05) is 0 Å². The number of nitrogens with two attached hydrogens (primary N) is 1. The van der Waals surface area contributed by atoms with E-state index in [0.717, 1.165) is 0 Å². The summed E-state index contributed by atoms with van der Waals surface area (Å²) in [4.78, 5) is 13.5. The lowest BCUT2D eigenvalue weighted by Gasteiger charge is -1.97. The van der Waals surface area contributed by atoms with Crippen molar-refractivity contribution in [2.75, 3.05) is 0 Å². The molecule has 44 valence electrons. The van der Waals surface area contributed by atoms with Gasteiger partial charge in [0.1, 0.15) is 5.84 Å². The zero-order valence-corrected chi connectivity index (χ0v) is 4.42. The molecule has 1 rings (SSSR count). The minimum Gasteiger partial charge on any atom is -0.437 e. The van der Waals surface area contributed by atoms with E-state index in [1.807, 2.05) is 0 Å². The van der Waals surface area contributed by atoms with Crippen LogP contribution in [0.3, 0.4) is 0 Å². The Bertz CT molecular complexity index is 152. The molecule has 1 aliphatic rings. The van der Waals surface area contributed by atoms with Gasteiger partial charge in [0.15, 0.2) is 6.10 Å². The fourth-order valence-corrected chi connectivity index (χ4v) is 0.434. The normalized spacial score (nSPS) is 27.4. The molecular weight excluding hydrogens is 108 g/mol. The summed E-state index contributed by atoms with van der Waals surface area (Å²) in [7, 11) is 0. The van der Waals surface area contributed by atoms with Crippen molar-refractivity contribution in [2.24, 2.45) is 10.7 Å². The van der Waals surface area contributed by atoms with Crippen LogP contribution in [0.15, 0.2) is 4.99 Å². The molecule has 0 spiro atoms. The minimum atomic E-state index is -0.588. The number of hydrogen-bond acceptors (Lipinski definition) is 3. The van der Waals surface area contributed by atoms with Gasteiger partial charge >= 0.3 is 6.09 Å². The van der Waals surface area contributed by atoms with Crippen molar-refractivity contribution < 1.29 is 9.53 Å². The lowest BCUT2D eigenvalue weighted by molar-refractivity contribution is 0.155. The molecular formula is C4H6N2O2. The molecule has 0 radical (unpaired) electrons. The smallest absolute Gasteiger partial charge is 0.436 e. The van der Waals surface area contributed by atoms with Gasteiger partial charge in [0.2, 0.25) is 0 Å².